The maximum atomic E-state index is 11.7. The minimum Gasteiger partial charge on any atom is -0.507 e. The van der Waals surface area contributed by atoms with Crippen molar-refractivity contribution in [1.82, 2.24) is 0 Å². The fraction of sp³-hybridized carbons (Fsp3) is 0.143. The number of hydrogen-bond donors (Lipinski definition) is 2. The molecule has 0 amide bonds. The number of ether oxygens (including phenoxy) is 3. The van der Waals surface area contributed by atoms with E-state index in [4.69, 9.17) is 24.4 Å². The number of nitriles is 1. The molecule has 0 bridgehead atoms. The lowest BCUT2D eigenvalue weighted by Gasteiger charge is -2.28. The van der Waals surface area contributed by atoms with E-state index in [1.807, 2.05) is 0 Å². The zero-order chi connectivity index (χ0) is 20.3. The van der Waals surface area contributed by atoms with Crippen molar-refractivity contribution in [2.75, 3.05) is 6.79 Å². The summed E-state index contributed by atoms with van der Waals surface area (Å²) in [6.07, 6.45) is 0. The molecule has 1 atom stereocenters. The van der Waals surface area contributed by atoms with Crippen LogP contribution in [0.5, 0.6) is 23.0 Å². The van der Waals surface area contributed by atoms with Gasteiger partial charge in [-0.3, -0.25) is 0 Å². The average molecular weight is 390 g/mol. The molecule has 8 heteroatoms. The van der Waals surface area contributed by atoms with Gasteiger partial charge in [-0.2, -0.15) is 5.26 Å². The van der Waals surface area contributed by atoms with Crippen molar-refractivity contribution in [3.8, 4) is 29.1 Å². The molecule has 1 aromatic heterocycles. The number of phenols is 1. The number of benzene rings is 2. The van der Waals surface area contributed by atoms with E-state index in [1.165, 1.54) is 12.1 Å². The molecule has 1 unspecified atom stereocenters. The Bertz CT molecular complexity index is 1330. The number of allylic oxidation sites excluding steroid dienone is 1. The Morgan fingerprint density at radius 1 is 1.21 bits per heavy atom. The Morgan fingerprint density at radius 2 is 2.00 bits per heavy atom. The first-order valence-electron chi connectivity index (χ1n) is 8.75. The molecule has 8 nitrogen and oxygen atoms in total. The summed E-state index contributed by atoms with van der Waals surface area (Å²) in [6.45, 7) is 1.84. The highest BCUT2D eigenvalue weighted by molar-refractivity contribution is 5.91. The zero-order valence-corrected chi connectivity index (χ0v) is 15.2. The topological polar surface area (TPSA) is 128 Å². The van der Waals surface area contributed by atoms with E-state index in [9.17, 15) is 15.2 Å². The predicted octanol–water partition coefficient (Wildman–Crippen LogP) is 2.75. The van der Waals surface area contributed by atoms with E-state index in [0.29, 0.717) is 33.6 Å². The summed E-state index contributed by atoms with van der Waals surface area (Å²) < 4.78 is 21.8. The van der Waals surface area contributed by atoms with E-state index in [2.05, 4.69) is 6.07 Å². The first kappa shape index (κ1) is 17.0. The van der Waals surface area contributed by atoms with Gasteiger partial charge in [0.05, 0.1) is 16.9 Å². The van der Waals surface area contributed by atoms with Crippen LogP contribution < -0.4 is 25.6 Å². The Hall–Kier alpha value is -4.12. The molecule has 0 saturated heterocycles. The van der Waals surface area contributed by atoms with Crippen molar-refractivity contribution < 1.29 is 23.7 Å². The van der Waals surface area contributed by atoms with E-state index in [-0.39, 0.29) is 35.3 Å². The Balaban J connectivity index is 1.84. The summed E-state index contributed by atoms with van der Waals surface area (Å²) >= 11 is 0. The molecule has 5 rings (SSSR count). The largest absolute Gasteiger partial charge is 0.507 e. The van der Waals surface area contributed by atoms with E-state index >= 15 is 0 Å². The Kier molecular flexibility index (Phi) is 3.48. The van der Waals surface area contributed by atoms with Crippen LogP contribution in [-0.2, 0) is 0 Å². The fourth-order valence-corrected chi connectivity index (χ4v) is 3.86. The van der Waals surface area contributed by atoms with Crippen LogP contribution in [0.3, 0.4) is 0 Å². The number of fused-ring (bicyclic) bond motifs is 4. The van der Waals surface area contributed by atoms with Crippen LogP contribution in [0.15, 0.2) is 51.0 Å². The van der Waals surface area contributed by atoms with Crippen molar-refractivity contribution in [2.24, 2.45) is 5.73 Å². The molecule has 0 radical (unpaired) electrons. The second-order valence-corrected chi connectivity index (χ2v) is 6.80. The maximum Gasteiger partial charge on any atom is 0.336 e. The third-order valence-corrected chi connectivity index (χ3v) is 5.11. The lowest BCUT2D eigenvalue weighted by molar-refractivity contribution is 0.174. The van der Waals surface area contributed by atoms with Crippen LogP contribution in [0.4, 0.5) is 0 Å². The molecule has 2 aromatic carbocycles. The number of phenolic OH excluding ortho intramolecular Hbond substituents is 1. The molecule has 144 valence electrons. The van der Waals surface area contributed by atoms with Gasteiger partial charge in [-0.25, -0.2) is 4.79 Å². The van der Waals surface area contributed by atoms with E-state index in [1.54, 1.807) is 25.1 Å². The average Bonchev–Trinajstić information content (AvgIpc) is 3.14. The van der Waals surface area contributed by atoms with Gasteiger partial charge < -0.3 is 29.5 Å². The van der Waals surface area contributed by atoms with Gasteiger partial charge in [-0.05, 0) is 30.2 Å². The second-order valence-electron chi connectivity index (χ2n) is 6.80. The summed E-state index contributed by atoms with van der Waals surface area (Å²) in [5, 5.41) is 21.0. The first-order chi connectivity index (χ1) is 14.0. The summed E-state index contributed by atoms with van der Waals surface area (Å²) in [5.41, 5.74) is 7.48. The molecule has 2 aliphatic heterocycles. The molecular weight excluding hydrogens is 376 g/mol. The Morgan fingerprint density at radius 3 is 2.79 bits per heavy atom. The zero-order valence-electron chi connectivity index (χ0n) is 15.2. The molecular formula is C21H14N2O6. The number of rotatable bonds is 1. The first-order valence-corrected chi connectivity index (χ1v) is 8.75. The molecule has 0 aliphatic carbocycles. The summed E-state index contributed by atoms with van der Waals surface area (Å²) in [4.78, 5) is 11.7. The smallest absolute Gasteiger partial charge is 0.336 e. The number of aromatic hydroxyl groups is 1. The van der Waals surface area contributed by atoms with Crippen LogP contribution in [0.2, 0.25) is 0 Å². The van der Waals surface area contributed by atoms with E-state index < -0.39 is 11.5 Å². The minimum absolute atomic E-state index is 0.0832. The van der Waals surface area contributed by atoms with Crippen molar-refractivity contribution in [3.63, 3.8) is 0 Å². The highest BCUT2D eigenvalue weighted by atomic mass is 16.7. The third-order valence-electron chi connectivity index (χ3n) is 5.11. The van der Waals surface area contributed by atoms with Crippen molar-refractivity contribution >= 4 is 11.0 Å². The summed E-state index contributed by atoms with van der Waals surface area (Å²) in [5.74, 6) is 0.421. The van der Waals surface area contributed by atoms with Crippen LogP contribution in [-0.4, -0.2) is 11.9 Å². The maximum absolute atomic E-state index is 11.7. The molecule has 0 spiro atoms. The van der Waals surface area contributed by atoms with Crippen LogP contribution >= 0.6 is 0 Å². The van der Waals surface area contributed by atoms with Crippen molar-refractivity contribution in [1.29, 1.82) is 5.26 Å². The fourth-order valence-electron chi connectivity index (χ4n) is 3.86. The van der Waals surface area contributed by atoms with Gasteiger partial charge >= 0.3 is 5.63 Å². The van der Waals surface area contributed by atoms with Gasteiger partial charge in [0.25, 0.3) is 0 Å². The number of aryl methyl sites for hydroxylation is 1. The quantitative estimate of drug-likeness (QED) is 0.607. The normalized spacial score (nSPS) is 17.0. The molecule has 3 N–H and O–H groups in total. The van der Waals surface area contributed by atoms with Crippen LogP contribution in [0.25, 0.3) is 11.0 Å². The van der Waals surface area contributed by atoms with Crippen molar-refractivity contribution in [3.05, 3.63) is 68.9 Å². The number of nitrogens with two attached hydrogens (primary N) is 1. The highest BCUT2D eigenvalue weighted by Gasteiger charge is 2.36. The van der Waals surface area contributed by atoms with Gasteiger partial charge in [-0.1, -0.05) is 6.07 Å². The van der Waals surface area contributed by atoms with Gasteiger partial charge in [0.1, 0.15) is 28.7 Å². The molecule has 3 heterocycles. The molecule has 0 saturated carbocycles. The summed E-state index contributed by atoms with van der Waals surface area (Å²) in [6, 6.07) is 10.0. The molecule has 3 aromatic rings. The molecule has 0 fully saturated rings. The Labute approximate surface area is 163 Å². The summed E-state index contributed by atoms with van der Waals surface area (Å²) in [7, 11) is 0. The molecule has 2 aliphatic rings. The monoisotopic (exact) mass is 390 g/mol. The minimum atomic E-state index is -0.700. The lowest BCUT2D eigenvalue weighted by Crippen LogP contribution is -2.21. The standard InChI is InChI=1S/C21H14N2O6/c1-9-4-16(25)28-15-6-12(24)19-18(10-2-3-13-14(5-10)27-8-26-13)11(7-22)21(23)29-20(19)17(9)15/h2-6,18,24H,8,23H2,1H3. The molecule has 29 heavy (non-hydrogen) atoms. The van der Waals surface area contributed by atoms with Crippen LogP contribution in [0.1, 0.15) is 22.6 Å². The second kappa shape index (κ2) is 5.94. The lowest BCUT2D eigenvalue weighted by atomic mass is 9.82. The van der Waals surface area contributed by atoms with Gasteiger partial charge in [-0.15, -0.1) is 0 Å². The third kappa shape index (κ3) is 2.41. The van der Waals surface area contributed by atoms with Gasteiger partial charge in [0, 0.05) is 12.1 Å². The number of nitrogens with zero attached hydrogens (tertiary/aromatic N) is 1. The van der Waals surface area contributed by atoms with Crippen molar-refractivity contribution in [2.45, 2.75) is 12.8 Å². The highest BCUT2D eigenvalue weighted by Crippen LogP contribution is 2.51. The van der Waals surface area contributed by atoms with Gasteiger partial charge in [0.15, 0.2) is 11.5 Å². The van der Waals surface area contributed by atoms with Gasteiger partial charge in [0.2, 0.25) is 12.7 Å². The SMILES string of the molecule is Cc1cc(=O)oc2cc(O)c3c(c12)OC(N)=C(C#N)C3c1ccc2c(c1)OCO2. The number of hydrogen-bond acceptors (Lipinski definition) is 8. The van der Waals surface area contributed by atoms with E-state index in [0.717, 1.165) is 0 Å². The predicted molar refractivity (Wildman–Crippen MR) is 101 cm³/mol. The van der Waals surface area contributed by atoms with Crippen LogP contribution in [0, 0.1) is 18.3 Å².